The summed E-state index contributed by atoms with van der Waals surface area (Å²) in [6.07, 6.45) is 0. The number of aromatic nitrogens is 2. The van der Waals surface area contributed by atoms with Crippen LogP contribution in [0.15, 0.2) is 211 Å². The van der Waals surface area contributed by atoms with Gasteiger partial charge in [-0.3, -0.25) is 0 Å². The van der Waals surface area contributed by atoms with Crippen molar-refractivity contribution in [2.45, 2.75) is 0 Å². The molecule has 10 aromatic carbocycles. The van der Waals surface area contributed by atoms with Crippen molar-refractivity contribution in [3.8, 4) is 33.6 Å². The van der Waals surface area contributed by atoms with E-state index < -0.39 is 0 Å². The summed E-state index contributed by atoms with van der Waals surface area (Å²) >= 11 is 0. The first-order valence-electron chi connectivity index (χ1n) is 20.3. The van der Waals surface area contributed by atoms with Crippen molar-refractivity contribution in [1.82, 2.24) is 9.13 Å². The maximum atomic E-state index is 6.52. The highest BCUT2D eigenvalue weighted by Gasteiger charge is 2.21. The standard InChI is InChI=1S/C56H34N2O/c1-2-12-36(13-3-1)44-21-11-23-54-56(44)48-32-40(29-31-53(48)59-54)58-50-30-26-37-15-5-7-18-43(37)55(50)47-33-46-45-19-8-9-22-49(45)57(51(46)34-52(47)58)39-27-24-38(25-28-39)42-20-10-16-35-14-4-6-17-41(35)42/h1-34H. The molecule has 3 nitrogen and oxygen atoms in total. The molecule has 13 aromatic rings. The molecule has 0 fully saturated rings. The normalized spacial score (nSPS) is 12.1. The van der Waals surface area contributed by atoms with Crippen LogP contribution in [0.25, 0.3) is 121 Å². The summed E-state index contributed by atoms with van der Waals surface area (Å²) in [4.78, 5) is 0. The Morgan fingerprint density at radius 2 is 0.932 bits per heavy atom. The average Bonchev–Trinajstić information content (AvgIpc) is 3.95. The highest BCUT2D eigenvalue weighted by atomic mass is 16.3. The molecule has 0 unspecified atom stereocenters. The maximum absolute atomic E-state index is 6.52. The molecule has 0 N–H and O–H groups in total. The van der Waals surface area contributed by atoms with Gasteiger partial charge >= 0.3 is 0 Å². The molecule has 274 valence electrons. The molecule has 0 amide bonds. The fraction of sp³-hybridized carbons (Fsp3) is 0. The van der Waals surface area contributed by atoms with Crippen LogP contribution in [-0.2, 0) is 0 Å². The van der Waals surface area contributed by atoms with Crippen molar-refractivity contribution < 1.29 is 4.42 Å². The minimum Gasteiger partial charge on any atom is -0.456 e. The molecule has 0 aliphatic heterocycles. The van der Waals surface area contributed by atoms with Gasteiger partial charge in [0.05, 0.1) is 22.1 Å². The predicted octanol–water partition coefficient (Wildman–Crippen LogP) is 15.4. The van der Waals surface area contributed by atoms with E-state index in [9.17, 15) is 0 Å². The van der Waals surface area contributed by atoms with Gasteiger partial charge in [-0.25, -0.2) is 0 Å². The van der Waals surface area contributed by atoms with Crippen LogP contribution in [0.1, 0.15) is 0 Å². The number of hydrogen-bond donors (Lipinski definition) is 0. The Balaban J connectivity index is 1.09. The summed E-state index contributed by atoms with van der Waals surface area (Å²) in [6.45, 7) is 0. The van der Waals surface area contributed by atoms with Gasteiger partial charge in [-0.05, 0) is 104 Å². The molecule has 0 aliphatic carbocycles. The van der Waals surface area contributed by atoms with Gasteiger partial charge in [0.2, 0.25) is 0 Å². The summed E-state index contributed by atoms with van der Waals surface area (Å²) in [5.41, 5.74) is 13.5. The fourth-order valence-electron chi connectivity index (χ4n) is 9.88. The molecule has 13 rings (SSSR count). The van der Waals surface area contributed by atoms with Gasteiger partial charge in [-0.2, -0.15) is 0 Å². The lowest BCUT2D eigenvalue weighted by Crippen LogP contribution is -1.96. The average molecular weight is 751 g/mol. The number of rotatable bonds is 4. The zero-order valence-electron chi connectivity index (χ0n) is 31.9. The molecule has 0 saturated heterocycles. The molecule has 0 atom stereocenters. The first kappa shape index (κ1) is 32.2. The van der Waals surface area contributed by atoms with Gasteiger partial charge in [-0.1, -0.05) is 146 Å². The van der Waals surface area contributed by atoms with Crippen LogP contribution in [0.3, 0.4) is 0 Å². The molecule has 59 heavy (non-hydrogen) atoms. The Hall–Kier alpha value is -7.88. The van der Waals surface area contributed by atoms with Crippen LogP contribution in [0.5, 0.6) is 0 Å². The predicted molar refractivity (Wildman–Crippen MR) is 248 cm³/mol. The molecular weight excluding hydrogens is 717 g/mol. The number of fused-ring (bicyclic) bond motifs is 12. The summed E-state index contributed by atoms with van der Waals surface area (Å²) in [7, 11) is 0. The first-order chi connectivity index (χ1) is 29.3. The van der Waals surface area contributed by atoms with E-state index in [0.29, 0.717) is 0 Å². The molecule has 3 heteroatoms. The van der Waals surface area contributed by atoms with Gasteiger partial charge < -0.3 is 13.6 Å². The molecule has 0 spiro atoms. The third kappa shape index (κ3) is 4.70. The molecule has 3 aromatic heterocycles. The van der Waals surface area contributed by atoms with Gasteiger partial charge in [0.25, 0.3) is 0 Å². The molecule has 0 saturated carbocycles. The number of nitrogens with zero attached hydrogens (tertiary/aromatic N) is 2. The van der Waals surface area contributed by atoms with Crippen LogP contribution in [0.4, 0.5) is 0 Å². The summed E-state index contributed by atoms with van der Waals surface area (Å²) in [5, 5.41) is 12.2. The molecule has 3 heterocycles. The number of benzene rings is 10. The Kier molecular flexibility index (Phi) is 6.72. The smallest absolute Gasteiger partial charge is 0.136 e. The van der Waals surface area contributed by atoms with E-state index >= 15 is 0 Å². The number of hydrogen-bond acceptors (Lipinski definition) is 1. The minimum absolute atomic E-state index is 0.882. The number of furan rings is 1. The second-order valence-corrected chi connectivity index (χ2v) is 15.7. The summed E-state index contributed by atoms with van der Waals surface area (Å²) in [6, 6.07) is 75.0. The molecule has 0 aliphatic rings. The van der Waals surface area contributed by atoms with Crippen LogP contribution < -0.4 is 0 Å². The lowest BCUT2D eigenvalue weighted by molar-refractivity contribution is 0.669. The van der Waals surface area contributed by atoms with Crippen LogP contribution in [0.2, 0.25) is 0 Å². The lowest BCUT2D eigenvalue weighted by Gasteiger charge is -2.12. The van der Waals surface area contributed by atoms with Crippen molar-refractivity contribution >= 4 is 87.1 Å². The molecule has 0 radical (unpaired) electrons. The van der Waals surface area contributed by atoms with Gasteiger partial charge in [-0.15, -0.1) is 0 Å². The zero-order valence-corrected chi connectivity index (χ0v) is 31.9. The Morgan fingerprint density at radius 1 is 0.288 bits per heavy atom. The van der Waals surface area contributed by atoms with E-state index in [1.807, 2.05) is 0 Å². The maximum Gasteiger partial charge on any atom is 0.136 e. The Bertz CT molecular complexity index is 3820. The largest absolute Gasteiger partial charge is 0.456 e. The second kappa shape index (κ2) is 12.3. The van der Waals surface area contributed by atoms with Crippen LogP contribution in [0, 0.1) is 0 Å². The fourth-order valence-corrected chi connectivity index (χ4v) is 9.88. The van der Waals surface area contributed by atoms with E-state index in [1.165, 1.54) is 81.9 Å². The lowest BCUT2D eigenvalue weighted by atomic mass is 9.98. The second-order valence-electron chi connectivity index (χ2n) is 15.7. The van der Waals surface area contributed by atoms with Crippen molar-refractivity contribution in [3.05, 3.63) is 206 Å². The zero-order chi connectivity index (χ0) is 38.6. The SMILES string of the molecule is c1ccc(-c2cccc3oc4ccc(-n5c6cc7c(cc6c6c8ccccc8ccc65)c5ccccc5n7-c5ccc(-c6cccc7ccccc67)cc5)cc4c23)cc1. The van der Waals surface area contributed by atoms with Crippen LogP contribution >= 0.6 is 0 Å². The molecular formula is C56H34N2O. The monoisotopic (exact) mass is 750 g/mol. The quantitative estimate of drug-likeness (QED) is 0.176. The highest BCUT2D eigenvalue weighted by molar-refractivity contribution is 6.25. The summed E-state index contributed by atoms with van der Waals surface area (Å²) < 4.78 is 11.4. The highest BCUT2D eigenvalue weighted by Crippen LogP contribution is 2.44. The number of para-hydroxylation sites is 1. The van der Waals surface area contributed by atoms with E-state index in [4.69, 9.17) is 4.42 Å². The topological polar surface area (TPSA) is 23.0 Å². The van der Waals surface area contributed by atoms with Crippen molar-refractivity contribution in [2.24, 2.45) is 0 Å². The third-order valence-electron chi connectivity index (χ3n) is 12.5. The van der Waals surface area contributed by atoms with Crippen molar-refractivity contribution in [1.29, 1.82) is 0 Å². The van der Waals surface area contributed by atoms with Crippen LogP contribution in [-0.4, -0.2) is 9.13 Å². The Labute approximate surface area is 339 Å². The Morgan fingerprint density at radius 3 is 1.80 bits per heavy atom. The molecule has 0 bridgehead atoms. The van der Waals surface area contributed by atoms with E-state index in [-0.39, 0.29) is 0 Å². The first-order valence-corrected chi connectivity index (χ1v) is 20.3. The van der Waals surface area contributed by atoms with Crippen molar-refractivity contribution in [2.75, 3.05) is 0 Å². The van der Waals surface area contributed by atoms with Gasteiger partial charge in [0.15, 0.2) is 0 Å². The van der Waals surface area contributed by atoms with E-state index in [0.717, 1.165) is 38.8 Å². The van der Waals surface area contributed by atoms with Gasteiger partial charge in [0, 0.05) is 43.7 Å². The van der Waals surface area contributed by atoms with Crippen molar-refractivity contribution in [3.63, 3.8) is 0 Å². The minimum atomic E-state index is 0.882. The van der Waals surface area contributed by atoms with E-state index in [2.05, 4.69) is 215 Å². The van der Waals surface area contributed by atoms with E-state index in [1.54, 1.807) is 0 Å². The summed E-state index contributed by atoms with van der Waals surface area (Å²) in [5.74, 6) is 0. The third-order valence-corrected chi connectivity index (χ3v) is 12.5. The van der Waals surface area contributed by atoms with Gasteiger partial charge in [0.1, 0.15) is 11.2 Å².